The number of aliphatic hydroxyl groups excluding tert-OH is 1. The number of nitrogens with one attached hydrogen (secondary N) is 1. The fourth-order valence-electron chi connectivity index (χ4n) is 3.61. The molecule has 1 fully saturated rings. The molecule has 2 amide bonds. The summed E-state index contributed by atoms with van der Waals surface area (Å²) >= 11 is 0. The normalized spacial score (nSPS) is 13.6. The molecule has 0 bridgehead atoms. The van der Waals surface area contributed by atoms with Crippen LogP contribution in [-0.2, 0) is 16.0 Å². The second kappa shape index (κ2) is 12.0. The first-order chi connectivity index (χ1) is 16.4. The largest absolute Gasteiger partial charge is 0.388 e. The molecule has 1 aliphatic rings. The minimum absolute atomic E-state index is 0.326. The van der Waals surface area contributed by atoms with Crippen molar-refractivity contribution in [2.24, 2.45) is 5.92 Å². The number of carbonyl (C=O) groups excluding carboxylic acids is 3. The van der Waals surface area contributed by atoms with E-state index in [-0.39, 0.29) is 0 Å². The first-order valence-electron chi connectivity index (χ1n) is 11.4. The number of aryl methyl sites for hydroxylation is 1. The van der Waals surface area contributed by atoms with Crippen molar-refractivity contribution in [2.75, 3.05) is 20.7 Å². The van der Waals surface area contributed by atoms with E-state index in [1.165, 1.54) is 38.9 Å². The Morgan fingerprint density at radius 1 is 1.12 bits per heavy atom. The maximum Gasteiger partial charge on any atom is 0.254 e. The monoisotopic (exact) mass is 458 g/mol. The molecule has 1 saturated carbocycles. The first-order valence-corrected chi connectivity index (χ1v) is 11.4. The van der Waals surface area contributed by atoms with E-state index in [9.17, 15) is 14.4 Å². The Labute approximate surface area is 200 Å². The van der Waals surface area contributed by atoms with E-state index >= 15 is 0 Å². The molecule has 2 N–H and O–H groups in total. The molecule has 176 valence electrons. The zero-order chi connectivity index (χ0) is 24.5. The third kappa shape index (κ3) is 6.90. The van der Waals surface area contributed by atoms with Crippen molar-refractivity contribution in [1.82, 2.24) is 10.2 Å². The second-order valence-corrected chi connectivity index (χ2v) is 8.46. The van der Waals surface area contributed by atoms with Crippen LogP contribution in [0.25, 0.3) is 6.08 Å². The summed E-state index contributed by atoms with van der Waals surface area (Å²) in [6.45, 7) is -0.828. The third-order valence-corrected chi connectivity index (χ3v) is 5.89. The van der Waals surface area contributed by atoms with Gasteiger partial charge in [-0.1, -0.05) is 48.9 Å². The summed E-state index contributed by atoms with van der Waals surface area (Å²) in [6.07, 6.45) is 8.79. The lowest BCUT2D eigenvalue weighted by atomic mass is 10.1. The van der Waals surface area contributed by atoms with Crippen LogP contribution < -0.4 is 5.32 Å². The summed E-state index contributed by atoms with van der Waals surface area (Å²) in [4.78, 5) is 37.7. The maximum atomic E-state index is 12.7. The fraction of sp³-hybridized carbons (Fsp3) is 0.321. The number of hydrogen-bond acceptors (Lipinski definition) is 4. The summed E-state index contributed by atoms with van der Waals surface area (Å²) in [5.74, 6) is 5.19. The number of Topliss-reactive ketones (excluding diaryl/α,β-unsaturated/α-hetero) is 1. The highest BCUT2D eigenvalue weighted by Gasteiger charge is 2.32. The number of likely N-dealkylation sites (N-methyl/N-ethyl adjacent to an activating group) is 2. The van der Waals surface area contributed by atoms with Gasteiger partial charge in [-0.05, 0) is 66.3 Å². The number of carbonyl (C=O) groups is 3. The predicted molar refractivity (Wildman–Crippen MR) is 132 cm³/mol. The van der Waals surface area contributed by atoms with E-state index in [1.807, 2.05) is 18.2 Å². The number of ketones is 1. The quantitative estimate of drug-likeness (QED) is 0.447. The predicted octanol–water partition coefficient (Wildman–Crippen LogP) is 2.84. The number of rotatable bonds is 9. The minimum atomic E-state index is -1.38. The number of amides is 2. The summed E-state index contributed by atoms with van der Waals surface area (Å²) < 4.78 is 0. The number of allylic oxidation sites excluding steroid dienone is 1. The Kier molecular flexibility index (Phi) is 8.78. The van der Waals surface area contributed by atoms with Gasteiger partial charge in [-0.3, -0.25) is 14.4 Å². The summed E-state index contributed by atoms with van der Waals surface area (Å²) in [5, 5.41) is 11.5. The van der Waals surface area contributed by atoms with Crippen molar-refractivity contribution >= 4 is 23.7 Å². The Bertz CT molecular complexity index is 1090. The van der Waals surface area contributed by atoms with Crippen LogP contribution in [0.1, 0.15) is 46.3 Å². The molecule has 0 aliphatic heterocycles. The highest BCUT2D eigenvalue weighted by molar-refractivity contribution is 6.10. The topological polar surface area (TPSA) is 86.7 Å². The van der Waals surface area contributed by atoms with Crippen LogP contribution in [0.5, 0.6) is 0 Å². The molecule has 1 atom stereocenters. The molecule has 3 rings (SSSR count). The second-order valence-electron chi connectivity index (χ2n) is 8.46. The van der Waals surface area contributed by atoms with Gasteiger partial charge < -0.3 is 15.3 Å². The van der Waals surface area contributed by atoms with Gasteiger partial charge in [0.2, 0.25) is 5.91 Å². The smallest absolute Gasteiger partial charge is 0.254 e. The highest BCUT2D eigenvalue weighted by Crippen LogP contribution is 2.33. The number of nitrogens with zero attached hydrogens (tertiary/aromatic N) is 1. The number of aliphatic hydroxyl groups is 1. The van der Waals surface area contributed by atoms with Gasteiger partial charge in [-0.15, -0.1) is 0 Å². The first kappa shape index (κ1) is 24.9. The fourth-order valence-corrected chi connectivity index (χ4v) is 3.61. The Morgan fingerprint density at radius 3 is 2.38 bits per heavy atom. The summed E-state index contributed by atoms with van der Waals surface area (Å²) in [5.41, 5.74) is 3.51. The third-order valence-electron chi connectivity index (χ3n) is 5.89. The van der Waals surface area contributed by atoms with Gasteiger partial charge in [0.05, 0.1) is 0 Å². The van der Waals surface area contributed by atoms with Gasteiger partial charge >= 0.3 is 0 Å². The lowest BCUT2D eigenvalue weighted by Gasteiger charge is -2.25. The average molecular weight is 459 g/mol. The van der Waals surface area contributed by atoms with Crippen molar-refractivity contribution in [1.29, 1.82) is 0 Å². The molecule has 2 aromatic rings. The standard InChI is InChI=1S/C28H30N2O4/c1-29-27(33)26(25(32)19-31)30(2)28(34)24-17-15-21(16-18-24)6-4-3-5-20-7-9-22(10-8-20)11-12-23-13-14-23/h4,6-10,15-18,23,26,31H,11-14,19H2,1-2H3,(H,29,33)/b6-4+. The van der Waals surface area contributed by atoms with Crippen LogP contribution in [0.3, 0.4) is 0 Å². The molecule has 0 radical (unpaired) electrons. The van der Waals surface area contributed by atoms with Gasteiger partial charge in [0.15, 0.2) is 11.8 Å². The van der Waals surface area contributed by atoms with Gasteiger partial charge in [-0.25, -0.2) is 0 Å². The van der Waals surface area contributed by atoms with Crippen LogP contribution in [0.2, 0.25) is 0 Å². The van der Waals surface area contributed by atoms with Gasteiger partial charge in [0.1, 0.15) is 6.61 Å². The molecule has 6 nitrogen and oxygen atoms in total. The van der Waals surface area contributed by atoms with Gasteiger partial charge in [-0.2, -0.15) is 0 Å². The molecule has 2 aromatic carbocycles. The van der Waals surface area contributed by atoms with Crippen molar-refractivity contribution in [3.8, 4) is 11.8 Å². The molecule has 1 unspecified atom stereocenters. The molecule has 6 heteroatoms. The van der Waals surface area contributed by atoms with Crippen molar-refractivity contribution in [3.63, 3.8) is 0 Å². The maximum absolute atomic E-state index is 12.7. The average Bonchev–Trinajstić information content (AvgIpc) is 3.70. The van der Waals surface area contributed by atoms with E-state index in [0.29, 0.717) is 5.56 Å². The van der Waals surface area contributed by atoms with Crippen molar-refractivity contribution in [3.05, 3.63) is 76.9 Å². The highest BCUT2D eigenvalue weighted by atomic mass is 16.3. The van der Waals surface area contributed by atoms with Crippen molar-refractivity contribution < 1.29 is 19.5 Å². The van der Waals surface area contributed by atoms with Crippen LogP contribution in [-0.4, -0.2) is 54.3 Å². The zero-order valence-electron chi connectivity index (χ0n) is 19.6. The molecular weight excluding hydrogens is 428 g/mol. The number of benzene rings is 2. The molecule has 0 aromatic heterocycles. The summed E-state index contributed by atoms with van der Waals surface area (Å²) in [7, 11) is 2.73. The lowest BCUT2D eigenvalue weighted by molar-refractivity contribution is -0.135. The van der Waals surface area contributed by atoms with Crippen LogP contribution in [0.4, 0.5) is 0 Å². The Morgan fingerprint density at radius 2 is 1.79 bits per heavy atom. The van der Waals surface area contributed by atoms with Crippen LogP contribution >= 0.6 is 0 Å². The number of hydrogen-bond donors (Lipinski definition) is 2. The van der Waals surface area contributed by atoms with E-state index in [0.717, 1.165) is 28.4 Å². The Hall–Kier alpha value is -3.69. The molecule has 0 saturated heterocycles. The Balaban J connectivity index is 1.58. The van der Waals surface area contributed by atoms with Crippen LogP contribution in [0, 0.1) is 17.8 Å². The van der Waals surface area contributed by atoms with Crippen LogP contribution in [0.15, 0.2) is 54.6 Å². The lowest BCUT2D eigenvalue weighted by Crippen LogP contribution is -2.52. The molecule has 0 heterocycles. The van der Waals surface area contributed by atoms with E-state index < -0.39 is 30.2 Å². The molecule has 1 aliphatic carbocycles. The van der Waals surface area contributed by atoms with E-state index in [1.54, 1.807) is 30.3 Å². The molecule has 34 heavy (non-hydrogen) atoms. The van der Waals surface area contributed by atoms with E-state index in [4.69, 9.17) is 5.11 Å². The molecular formula is C28H30N2O4. The van der Waals surface area contributed by atoms with Gasteiger partial charge in [0, 0.05) is 25.2 Å². The van der Waals surface area contributed by atoms with Gasteiger partial charge in [0.25, 0.3) is 5.91 Å². The molecule has 0 spiro atoms. The SMILES string of the molecule is CNC(=O)C(C(=O)CO)N(C)C(=O)c1ccc(/C=C/C#Cc2ccc(CCC3CC3)cc2)cc1. The minimum Gasteiger partial charge on any atom is -0.388 e. The van der Waals surface area contributed by atoms with E-state index in [2.05, 4.69) is 29.3 Å². The van der Waals surface area contributed by atoms with Crippen molar-refractivity contribution in [2.45, 2.75) is 31.7 Å². The zero-order valence-corrected chi connectivity index (χ0v) is 19.6. The summed E-state index contributed by atoms with van der Waals surface area (Å²) in [6, 6.07) is 13.8.